The van der Waals surface area contributed by atoms with Crippen molar-refractivity contribution in [3.8, 4) is 0 Å². The van der Waals surface area contributed by atoms with Gasteiger partial charge in [-0.2, -0.15) is 0 Å². The second-order valence-electron chi connectivity index (χ2n) is 6.44. The van der Waals surface area contributed by atoms with Crippen LogP contribution >= 0.6 is 0 Å². The Kier molecular flexibility index (Phi) is 9.99. The summed E-state index contributed by atoms with van der Waals surface area (Å²) in [5, 5.41) is 0. The summed E-state index contributed by atoms with van der Waals surface area (Å²) in [7, 11) is 0. The zero-order valence-corrected chi connectivity index (χ0v) is 17.5. The molecule has 5 nitrogen and oxygen atoms in total. The van der Waals surface area contributed by atoms with Gasteiger partial charge in [-0.25, -0.2) is 15.0 Å². The third-order valence-electron chi connectivity index (χ3n) is 3.12. The molecule has 0 aliphatic carbocycles. The van der Waals surface area contributed by atoms with Gasteiger partial charge < -0.3 is 46.7 Å². The van der Waals surface area contributed by atoms with Crippen molar-refractivity contribution >= 4 is 11.8 Å². The Morgan fingerprint density at radius 3 is 1.46 bits per heavy atom. The van der Waals surface area contributed by atoms with Crippen LogP contribution in [-0.2, 0) is 28.0 Å². The Labute approximate surface area is 173 Å². The Hall–Kier alpha value is -0.456. The number of rotatable bonds is 2. The monoisotopic (exact) mass is 429 g/mol. The zero-order valence-electron chi connectivity index (χ0n) is 13.9. The van der Waals surface area contributed by atoms with E-state index in [1.165, 1.54) is 0 Å². The maximum Gasteiger partial charge on any atom is 3.00 e. The van der Waals surface area contributed by atoms with Crippen LogP contribution in [0.2, 0.25) is 0 Å². The number of nitrogens with zero attached hydrogens (tertiary/aromatic N) is 3. The van der Waals surface area contributed by atoms with Crippen LogP contribution in [-0.4, -0.2) is 41.1 Å². The van der Waals surface area contributed by atoms with Gasteiger partial charge in [-0.05, 0) is 39.8 Å². The van der Waals surface area contributed by atoms with Crippen LogP contribution < -0.4 is 37.2 Å². The standard InChI is InChI=1S/C15H19N3O2.3ClH.V/c1-14(2)8-19-12(17-14)10-6-5-7-11(16-10)13-18-15(3,4)9-20-13;;;;/h5-7H,8-9H2,1-4H3;3*1H;/q;;;;+3/p-3. The van der Waals surface area contributed by atoms with Crippen molar-refractivity contribution in [2.45, 2.75) is 38.8 Å². The van der Waals surface area contributed by atoms with Crippen LogP contribution in [0.15, 0.2) is 28.2 Å². The van der Waals surface area contributed by atoms with Gasteiger partial charge in [0, 0.05) is 0 Å². The minimum atomic E-state index is -0.184. The molecule has 0 saturated carbocycles. The van der Waals surface area contributed by atoms with E-state index >= 15 is 0 Å². The molecule has 9 heteroatoms. The maximum atomic E-state index is 5.62. The minimum absolute atomic E-state index is 0. The van der Waals surface area contributed by atoms with E-state index in [1.54, 1.807) is 0 Å². The first-order valence-corrected chi connectivity index (χ1v) is 6.78. The molecule has 24 heavy (non-hydrogen) atoms. The van der Waals surface area contributed by atoms with Gasteiger partial charge in [0.05, 0.1) is 11.1 Å². The normalized spacial score (nSPS) is 19.0. The van der Waals surface area contributed by atoms with Crippen molar-refractivity contribution in [3.63, 3.8) is 0 Å². The molecular weight excluding hydrogens is 411 g/mol. The molecule has 0 atom stereocenters. The van der Waals surface area contributed by atoms with Gasteiger partial charge in [-0.1, -0.05) is 6.07 Å². The molecule has 0 amide bonds. The van der Waals surface area contributed by atoms with Gasteiger partial charge in [0.2, 0.25) is 11.8 Å². The second kappa shape index (κ2) is 9.30. The Morgan fingerprint density at radius 2 is 1.17 bits per heavy atom. The van der Waals surface area contributed by atoms with Crippen molar-refractivity contribution in [2.24, 2.45) is 9.98 Å². The minimum Gasteiger partial charge on any atom is -1.00 e. The molecule has 3 heterocycles. The van der Waals surface area contributed by atoms with Gasteiger partial charge >= 0.3 is 18.6 Å². The molecule has 0 saturated heterocycles. The summed E-state index contributed by atoms with van der Waals surface area (Å²) < 4.78 is 11.2. The van der Waals surface area contributed by atoms with Gasteiger partial charge in [-0.15, -0.1) is 0 Å². The number of ether oxygens (including phenoxy) is 2. The zero-order chi connectivity index (χ0) is 14.4. The largest absolute Gasteiger partial charge is 3.00 e. The van der Waals surface area contributed by atoms with Crippen molar-refractivity contribution in [2.75, 3.05) is 13.2 Å². The van der Waals surface area contributed by atoms with E-state index < -0.39 is 0 Å². The van der Waals surface area contributed by atoms with Crippen molar-refractivity contribution in [3.05, 3.63) is 29.6 Å². The molecule has 3 rings (SSSR count). The van der Waals surface area contributed by atoms with E-state index in [0.29, 0.717) is 25.0 Å². The number of aromatic nitrogens is 1. The molecule has 0 bridgehead atoms. The third kappa shape index (κ3) is 5.82. The summed E-state index contributed by atoms with van der Waals surface area (Å²) in [4.78, 5) is 13.6. The molecule has 132 valence electrons. The predicted octanol–water partition coefficient (Wildman–Crippen LogP) is -6.80. The fourth-order valence-corrected chi connectivity index (χ4v) is 2.10. The van der Waals surface area contributed by atoms with Crippen LogP contribution in [0.3, 0.4) is 0 Å². The molecule has 0 radical (unpaired) electrons. The molecular formula is C15H19Cl3N3O2V. The van der Waals surface area contributed by atoms with Gasteiger partial charge in [0.1, 0.15) is 24.6 Å². The van der Waals surface area contributed by atoms with Crippen LogP contribution in [0, 0.1) is 0 Å². The number of pyridine rings is 1. The average molecular weight is 431 g/mol. The van der Waals surface area contributed by atoms with Crippen LogP contribution in [0.4, 0.5) is 0 Å². The number of hydrogen-bond acceptors (Lipinski definition) is 5. The van der Waals surface area contributed by atoms with Crippen LogP contribution in [0.5, 0.6) is 0 Å². The summed E-state index contributed by atoms with van der Waals surface area (Å²) in [6.45, 7) is 9.32. The number of aliphatic imine (C=N–C) groups is 2. The van der Waals surface area contributed by atoms with Gasteiger partial charge in [0.25, 0.3) is 0 Å². The molecule has 0 unspecified atom stereocenters. The smallest absolute Gasteiger partial charge is 1.00 e. The first kappa shape index (κ1) is 25.8. The van der Waals surface area contributed by atoms with Crippen molar-refractivity contribution < 1.29 is 65.3 Å². The summed E-state index contributed by atoms with van der Waals surface area (Å²) in [5.74, 6) is 1.18. The Bertz CT molecular complexity index is 572. The van der Waals surface area contributed by atoms with Crippen LogP contribution in [0.1, 0.15) is 39.1 Å². The van der Waals surface area contributed by atoms with Crippen molar-refractivity contribution in [1.82, 2.24) is 4.98 Å². The topological polar surface area (TPSA) is 56.1 Å². The van der Waals surface area contributed by atoms with Gasteiger partial charge in [-0.3, -0.25) is 0 Å². The summed E-state index contributed by atoms with van der Waals surface area (Å²) in [6.07, 6.45) is 0. The quantitative estimate of drug-likeness (QED) is 0.469. The number of halogens is 3. The maximum absolute atomic E-state index is 5.62. The molecule has 0 spiro atoms. The molecule has 2 aliphatic rings. The Morgan fingerprint density at radius 1 is 0.792 bits per heavy atom. The molecule has 0 N–H and O–H groups in total. The van der Waals surface area contributed by atoms with E-state index in [2.05, 4.69) is 15.0 Å². The SMILES string of the molecule is CC1(C)COC(c2cccc(C3=NC(C)(C)CO3)n2)=N1.[Cl-].[Cl-].[Cl-].[V+3]. The first-order chi connectivity index (χ1) is 9.35. The second-order valence-corrected chi connectivity index (χ2v) is 6.44. The van der Waals surface area contributed by atoms with E-state index in [-0.39, 0.29) is 66.9 Å². The van der Waals surface area contributed by atoms with E-state index in [0.717, 1.165) is 11.4 Å². The first-order valence-electron chi connectivity index (χ1n) is 6.78. The number of hydrogen-bond donors (Lipinski definition) is 0. The third-order valence-corrected chi connectivity index (χ3v) is 3.12. The fraction of sp³-hybridized carbons (Fsp3) is 0.533. The Balaban J connectivity index is 0. The predicted molar refractivity (Wildman–Crippen MR) is 77.4 cm³/mol. The summed E-state index contributed by atoms with van der Waals surface area (Å²) in [5.41, 5.74) is 1.08. The molecule has 1 aromatic rings. The molecule has 2 aliphatic heterocycles. The summed E-state index contributed by atoms with van der Waals surface area (Å²) >= 11 is 0. The molecule has 1 aromatic heterocycles. The van der Waals surface area contributed by atoms with Crippen LogP contribution in [0.25, 0.3) is 0 Å². The van der Waals surface area contributed by atoms with Crippen molar-refractivity contribution in [1.29, 1.82) is 0 Å². The average Bonchev–Trinajstić information content (AvgIpc) is 2.92. The fourth-order valence-electron chi connectivity index (χ4n) is 2.10. The molecule has 0 aromatic carbocycles. The van der Waals surface area contributed by atoms with Gasteiger partial charge in [0.15, 0.2) is 0 Å². The molecule has 0 fully saturated rings. The van der Waals surface area contributed by atoms with E-state index in [1.807, 2.05) is 45.9 Å². The van der Waals surface area contributed by atoms with E-state index in [4.69, 9.17) is 9.47 Å². The van der Waals surface area contributed by atoms with E-state index in [9.17, 15) is 0 Å². The summed E-state index contributed by atoms with van der Waals surface area (Å²) in [6, 6.07) is 5.71.